The largest absolute Gasteiger partial charge is 0.423 e. The molecule has 0 fully saturated rings. The molecular weight excluding hydrogens is 305 g/mol. The third-order valence-electron chi connectivity index (χ3n) is 2.39. The van der Waals surface area contributed by atoms with Crippen LogP contribution in [0.2, 0.25) is 10.0 Å². The zero-order valence-electron chi connectivity index (χ0n) is 9.88. The molecule has 20 heavy (non-hydrogen) atoms. The van der Waals surface area contributed by atoms with E-state index in [1.54, 1.807) is 18.2 Å². The molecule has 0 heterocycles. The molecule has 0 radical (unpaired) electrons. The van der Waals surface area contributed by atoms with Gasteiger partial charge in [-0.1, -0.05) is 29.3 Å². The van der Waals surface area contributed by atoms with E-state index in [1.165, 1.54) is 18.2 Å². The van der Waals surface area contributed by atoms with Crippen molar-refractivity contribution in [1.82, 2.24) is 0 Å². The number of ether oxygens (including phenoxy) is 1. The van der Waals surface area contributed by atoms with Crippen molar-refractivity contribution in [2.45, 2.75) is 0 Å². The number of rotatable bonds is 3. The molecule has 0 spiro atoms. The molecule has 5 nitrogen and oxygen atoms in total. The average molecular weight is 312 g/mol. The van der Waals surface area contributed by atoms with Gasteiger partial charge in [-0.25, -0.2) is 4.79 Å². The molecule has 0 atom stereocenters. The van der Waals surface area contributed by atoms with Gasteiger partial charge in [0.2, 0.25) is 0 Å². The lowest BCUT2D eigenvalue weighted by atomic mass is 10.2. The fourth-order valence-electron chi connectivity index (χ4n) is 1.48. The van der Waals surface area contributed by atoms with Gasteiger partial charge in [0, 0.05) is 11.1 Å². The Kier molecular flexibility index (Phi) is 4.22. The van der Waals surface area contributed by atoms with Crippen LogP contribution < -0.4 is 4.74 Å². The van der Waals surface area contributed by atoms with Crippen molar-refractivity contribution in [2.75, 3.05) is 0 Å². The Morgan fingerprint density at radius 2 is 1.90 bits per heavy atom. The van der Waals surface area contributed by atoms with Crippen LogP contribution in [0.5, 0.6) is 5.75 Å². The number of hydrogen-bond donors (Lipinski definition) is 0. The van der Waals surface area contributed by atoms with Crippen LogP contribution in [0, 0.1) is 10.1 Å². The number of carbonyl (C=O) groups is 1. The van der Waals surface area contributed by atoms with E-state index in [1.807, 2.05) is 0 Å². The summed E-state index contributed by atoms with van der Waals surface area (Å²) in [7, 11) is 0. The molecule has 0 bridgehead atoms. The van der Waals surface area contributed by atoms with Crippen LogP contribution in [0.3, 0.4) is 0 Å². The second kappa shape index (κ2) is 5.90. The summed E-state index contributed by atoms with van der Waals surface area (Å²) in [6.45, 7) is 0. The lowest BCUT2D eigenvalue weighted by Crippen LogP contribution is -2.08. The van der Waals surface area contributed by atoms with Gasteiger partial charge in [-0.05, 0) is 30.3 Å². The molecule has 0 aromatic heterocycles. The lowest BCUT2D eigenvalue weighted by Gasteiger charge is -2.05. The number of esters is 1. The fourth-order valence-corrected chi connectivity index (χ4v) is 1.84. The van der Waals surface area contributed by atoms with Crippen LogP contribution in [0.4, 0.5) is 5.69 Å². The van der Waals surface area contributed by atoms with Gasteiger partial charge in [0.25, 0.3) is 5.69 Å². The fraction of sp³-hybridized carbons (Fsp3) is 0. The van der Waals surface area contributed by atoms with Gasteiger partial charge in [0.05, 0.1) is 10.5 Å². The molecule has 0 amide bonds. The van der Waals surface area contributed by atoms with Gasteiger partial charge in [0.1, 0.15) is 10.8 Å². The van der Waals surface area contributed by atoms with Gasteiger partial charge < -0.3 is 4.74 Å². The Morgan fingerprint density at radius 3 is 2.55 bits per heavy atom. The van der Waals surface area contributed by atoms with Gasteiger partial charge >= 0.3 is 5.97 Å². The highest BCUT2D eigenvalue weighted by Gasteiger charge is 2.17. The Balaban J connectivity index is 2.26. The first-order chi connectivity index (χ1) is 9.47. The molecule has 0 aliphatic rings. The highest BCUT2D eigenvalue weighted by Crippen LogP contribution is 2.26. The van der Waals surface area contributed by atoms with Crippen LogP contribution in [-0.2, 0) is 0 Å². The molecule has 0 N–H and O–H groups in total. The average Bonchev–Trinajstić information content (AvgIpc) is 2.38. The number of nitro groups is 1. The van der Waals surface area contributed by atoms with Crippen molar-refractivity contribution in [3.05, 3.63) is 68.2 Å². The van der Waals surface area contributed by atoms with Gasteiger partial charge in [-0.2, -0.15) is 0 Å². The van der Waals surface area contributed by atoms with Gasteiger partial charge in [-0.15, -0.1) is 0 Å². The Labute approximate surface area is 123 Å². The Morgan fingerprint density at radius 1 is 1.15 bits per heavy atom. The minimum atomic E-state index is -0.730. The number of nitro benzene ring substituents is 1. The highest BCUT2D eigenvalue weighted by molar-refractivity contribution is 6.32. The third-order valence-corrected chi connectivity index (χ3v) is 2.94. The lowest BCUT2D eigenvalue weighted by molar-refractivity contribution is -0.384. The Hall–Kier alpha value is -2.11. The number of hydrogen-bond acceptors (Lipinski definition) is 4. The summed E-state index contributed by atoms with van der Waals surface area (Å²) in [6, 6.07) is 9.95. The molecule has 2 aromatic carbocycles. The second-order valence-corrected chi connectivity index (χ2v) is 4.61. The third kappa shape index (κ3) is 3.26. The first kappa shape index (κ1) is 14.3. The zero-order valence-corrected chi connectivity index (χ0v) is 11.4. The molecule has 0 aliphatic heterocycles. The van der Waals surface area contributed by atoms with E-state index in [0.29, 0.717) is 5.02 Å². The molecule has 102 valence electrons. The minimum absolute atomic E-state index is 0.0288. The van der Waals surface area contributed by atoms with Crippen LogP contribution in [0.25, 0.3) is 0 Å². The SMILES string of the molecule is O=C(Oc1cccc(Cl)c1)c1ccc(Cl)c([N+](=O)[O-])c1. The maximum atomic E-state index is 11.9. The van der Waals surface area contributed by atoms with Crippen molar-refractivity contribution in [3.8, 4) is 5.75 Å². The van der Waals surface area contributed by atoms with Crippen molar-refractivity contribution >= 4 is 34.9 Å². The van der Waals surface area contributed by atoms with E-state index in [0.717, 1.165) is 6.07 Å². The summed E-state index contributed by atoms with van der Waals surface area (Å²) < 4.78 is 5.07. The van der Waals surface area contributed by atoms with Crippen molar-refractivity contribution < 1.29 is 14.5 Å². The van der Waals surface area contributed by atoms with E-state index >= 15 is 0 Å². The molecule has 0 unspecified atom stereocenters. The molecule has 0 aliphatic carbocycles. The topological polar surface area (TPSA) is 69.4 Å². The molecule has 0 saturated heterocycles. The standard InChI is InChI=1S/C13H7Cl2NO4/c14-9-2-1-3-10(7-9)20-13(17)8-4-5-11(15)12(6-8)16(18)19/h1-7H. The summed E-state index contributed by atoms with van der Waals surface area (Å²) in [5.74, 6) is -0.480. The number of benzene rings is 2. The van der Waals surface area contributed by atoms with Crippen molar-refractivity contribution in [2.24, 2.45) is 0 Å². The molecule has 2 aromatic rings. The maximum Gasteiger partial charge on any atom is 0.343 e. The van der Waals surface area contributed by atoms with E-state index in [2.05, 4.69) is 0 Å². The Bertz CT molecular complexity index is 688. The zero-order chi connectivity index (χ0) is 14.7. The second-order valence-electron chi connectivity index (χ2n) is 3.77. The van der Waals surface area contributed by atoms with Crippen LogP contribution >= 0.6 is 23.2 Å². The van der Waals surface area contributed by atoms with E-state index in [4.69, 9.17) is 27.9 Å². The summed E-state index contributed by atoms with van der Waals surface area (Å²) in [6.07, 6.45) is 0. The van der Waals surface area contributed by atoms with Crippen LogP contribution in [-0.4, -0.2) is 10.9 Å². The predicted molar refractivity (Wildman–Crippen MR) is 74.5 cm³/mol. The molecule has 2 rings (SSSR count). The number of carbonyl (C=O) groups excluding carboxylic acids is 1. The van der Waals surface area contributed by atoms with Crippen LogP contribution in [0.1, 0.15) is 10.4 Å². The summed E-state index contributed by atoms with van der Waals surface area (Å²) in [4.78, 5) is 22.0. The normalized spacial score (nSPS) is 10.1. The van der Waals surface area contributed by atoms with E-state index in [-0.39, 0.29) is 22.0 Å². The summed E-state index contributed by atoms with van der Waals surface area (Å²) in [5, 5.41) is 11.1. The number of nitrogens with zero attached hydrogens (tertiary/aromatic N) is 1. The van der Waals surface area contributed by atoms with Crippen molar-refractivity contribution in [1.29, 1.82) is 0 Å². The van der Waals surface area contributed by atoms with Crippen molar-refractivity contribution in [3.63, 3.8) is 0 Å². The van der Waals surface area contributed by atoms with E-state index in [9.17, 15) is 14.9 Å². The predicted octanol–water partition coefficient (Wildman–Crippen LogP) is 4.12. The monoisotopic (exact) mass is 311 g/mol. The van der Waals surface area contributed by atoms with Gasteiger partial charge in [-0.3, -0.25) is 10.1 Å². The smallest absolute Gasteiger partial charge is 0.343 e. The first-order valence-electron chi connectivity index (χ1n) is 5.39. The maximum absolute atomic E-state index is 11.9. The van der Waals surface area contributed by atoms with E-state index < -0.39 is 10.9 Å². The highest BCUT2D eigenvalue weighted by atomic mass is 35.5. The molecular formula is C13H7Cl2NO4. The molecule has 0 saturated carbocycles. The first-order valence-corrected chi connectivity index (χ1v) is 6.14. The van der Waals surface area contributed by atoms with Gasteiger partial charge in [0.15, 0.2) is 0 Å². The summed E-state index contributed by atoms with van der Waals surface area (Å²) in [5.41, 5.74) is -0.326. The summed E-state index contributed by atoms with van der Waals surface area (Å²) >= 11 is 11.4. The number of halogens is 2. The molecule has 7 heteroatoms. The quantitative estimate of drug-likeness (QED) is 0.370. The minimum Gasteiger partial charge on any atom is -0.423 e. The van der Waals surface area contributed by atoms with Crippen LogP contribution in [0.15, 0.2) is 42.5 Å².